The highest BCUT2D eigenvalue weighted by atomic mass is 16.8. The van der Waals surface area contributed by atoms with Crippen LogP contribution in [-0.2, 0) is 14.2 Å². The van der Waals surface area contributed by atoms with E-state index >= 15 is 0 Å². The zero-order chi connectivity index (χ0) is 31.3. The van der Waals surface area contributed by atoms with Crippen molar-refractivity contribution in [1.82, 2.24) is 0 Å². The number of rotatable bonds is 7. The molecule has 5 rings (SSSR count). The molecular weight excluding hydrogens is 580 g/mol. The summed E-state index contributed by atoms with van der Waals surface area (Å²) in [6.45, 7) is 0.647. The number of methoxy groups -OCH3 is 2. The third-order valence-corrected chi connectivity index (χ3v) is 7.53. The van der Waals surface area contributed by atoms with Crippen molar-refractivity contribution in [3.63, 3.8) is 0 Å². The molecule has 2 aliphatic heterocycles. The van der Waals surface area contributed by atoms with Crippen molar-refractivity contribution in [3.8, 4) is 28.7 Å². The lowest BCUT2D eigenvalue weighted by molar-refractivity contribution is -0.354. The predicted molar refractivity (Wildman–Crippen MR) is 142 cm³/mol. The molecule has 0 aliphatic carbocycles. The maximum atomic E-state index is 13.3. The van der Waals surface area contributed by atoms with E-state index in [9.17, 15) is 45.6 Å². The van der Waals surface area contributed by atoms with Gasteiger partial charge in [-0.25, -0.2) is 0 Å². The summed E-state index contributed by atoms with van der Waals surface area (Å²) >= 11 is 0. The molecule has 2 aliphatic rings. The molecule has 0 spiro atoms. The Balaban J connectivity index is 1.57. The Bertz CT molecular complexity index is 1540. The molecule has 3 aromatic rings. The standard InChI is InChI=1S/C27H32O16/c1-8-17(30)21(34)23(36)26(39-8)43-25-22(35)19(32)15(7-28)42-27(25)41-14-6-13-16(20(33)24(14)38-3)18(31)9-4-12(37-2)10(29)5-11(9)40-13/h4-6,8,15,17,19,21-23,25-30,32-36H,7H2,1-3H3/t8-,15-,17-,19-,21+,22+,23+,25-,26+,27-/m1/s1. The molecule has 43 heavy (non-hydrogen) atoms. The number of fused-ring (bicyclic) bond motifs is 2. The largest absolute Gasteiger partial charge is 0.504 e. The fourth-order valence-electron chi connectivity index (χ4n) is 5.12. The molecule has 1 aromatic heterocycles. The number of aromatic hydroxyl groups is 2. The molecule has 2 fully saturated rings. The second-order valence-electron chi connectivity index (χ2n) is 10.2. The summed E-state index contributed by atoms with van der Waals surface area (Å²) in [4.78, 5) is 13.3. The van der Waals surface area contributed by atoms with E-state index in [1.54, 1.807) is 0 Å². The van der Waals surface area contributed by atoms with Gasteiger partial charge in [-0.1, -0.05) is 0 Å². The first-order chi connectivity index (χ1) is 20.4. The number of aliphatic hydroxyl groups excluding tert-OH is 6. The molecule has 16 heteroatoms. The highest BCUT2D eigenvalue weighted by molar-refractivity contribution is 5.96. The number of aliphatic hydroxyl groups is 6. The van der Waals surface area contributed by atoms with Crippen LogP contribution in [-0.4, -0.2) is 123 Å². The Morgan fingerprint density at radius 2 is 1.53 bits per heavy atom. The Kier molecular flexibility index (Phi) is 8.59. The lowest BCUT2D eigenvalue weighted by atomic mass is 9.97. The summed E-state index contributed by atoms with van der Waals surface area (Å²) in [7, 11) is 2.46. The minimum atomic E-state index is -1.81. The van der Waals surface area contributed by atoms with E-state index in [2.05, 4.69) is 0 Å². The van der Waals surface area contributed by atoms with Gasteiger partial charge in [0.1, 0.15) is 53.2 Å². The molecule has 2 aromatic carbocycles. The van der Waals surface area contributed by atoms with Crippen molar-refractivity contribution in [2.24, 2.45) is 0 Å². The zero-order valence-corrected chi connectivity index (χ0v) is 23.1. The Labute approximate surface area is 242 Å². The maximum Gasteiger partial charge on any atom is 0.229 e. The molecule has 8 N–H and O–H groups in total. The second-order valence-corrected chi connectivity index (χ2v) is 10.2. The van der Waals surface area contributed by atoms with E-state index in [-0.39, 0.29) is 44.9 Å². The summed E-state index contributed by atoms with van der Waals surface area (Å²) in [5.41, 5.74) is -0.956. The first-order valence-electron chi connectivity index (χ1n) is 13.1. The van der Waals surface area contributed by atoms with Gasteiger partial charge in [0.2, 0.25) is 17.5 Å². The molecule has 236 valence electrons. The molecule has 0 amide bonds. The van der Waals surface area contributed by atoms with Gasteiger partial charge >= 0.3 is 0 Å². The molecule has 2 saturated heterocycles. The molecule has 0 unspecified atom stereocenters. The molecular formula is C27H32O16. The van der Waals surface area contributed by atoms with Crippen LogP contribution < -0.4 is 19.6 Å². The van der Waals surface area contributed by atoms with Gasteiger partial charge in [-0.3, -0.25) is 4.79 Å². The van der Waals surface area contributed by atoms with Crippen LogP contribution in [0.4, 0.5) is 0 Å². The number of hydrogen-bond donors (Lipinski definition) is 8. The summed E-state index contributed by atoms with van der Waals surface area (Å²) in [5, 5.41) is 82.7. The van der Waals surface area contributed by atoms with E-state index in [1.807, 2.05) is 0 Å². The summed E-state index contributed by atoms with van der Waals surface area (Å²) in [6, 6.07) is 3.55. The minimum absolute atomic E-state index is 0.00582. The molecule has 16 nitrogen and oxygen atoms in total. The summed E-state index contributed by atoms with van der Waals surface area (Å²) in [6.07, 6.45) is -15.8. The van der Waals surface area contributed by atoms with Gasteiger partial charge in [-0.15, -0.1) is 0 Å². The fourth-order valence-corrected chi connectivity index (χ4v) is 5.12. The Hall–Kier alpha value is -3.45. The smallest absolute Gasteiger partial charge is 0.229 e. The Morgan fingerprint density at radius 1 is 0.814 bits per heavy atom. The minimum Gasteiger partial charge on any atom is -0.504 e. The number of phenols is 2. The molecule has 10 atom stereocenters. The number of hydrogen-bond acceptors (Lipinski definition) is 16. The van der Waals surface area contributed by atoms with Crippen LogP contribution >= 0.6 is 0 Å². The van der Waals surface area contributed by atoms with Crippen LogP contribution in [0.2, 0.25) is 0 Å². The van der Waals surface area contributed by atoms with Gasteiger partial charge in [-0.05, 0) is 13.0 Å². The van der Waals surface area contributed by atoms with E-state index in [0.29, 0.717) is 0 Å². The van der Waals surface area contributed by atoms with Crippen LogP contribution in [0.15, 0.2) is 27.4 Å². The fraction of sp³-hybridized carbons (Fsp3) is 0.519. The van der Waals surface area contributed by atoms with Crippen LogP contribution in [0.1, 0.15) is 6.92 Å². The van der Waals surface area contributed by atoms with Crippen LogP contribution in [0.5, 0.6) is 28.7 Å². The molecule has 0 saturated carbocycles. The van der Waals surface area contributed by atoms with Crippen LogP contribution in [0.3, 0.4) is 0 Å². The first kappa shape index (κ1) is 31.0. The monoisotopic (exact) mass is 612 g/mol. The number of phenolic OH excluding ortho intramolecular Hbond substituents is 2. The maximum absolute atomic E-state index is 13.3. The molecule has 0 radical (unpaired) electrons. The predicted octanol–water partition coefficient (Wildman–Crippen LogP) is -1.59. The third-order valence-electron chi connectivity index (χ3n) is 7.53. The normalized spacial score (nSPS) is 33.0. The number of ether oxygens (including phenoxy) is 6. The average Bonchev–Trinajstić information content (AvgIpc) is 2.97. The summed E-state index contributed by atoms with van der Waals surface area (Å²) in [5.74, 6) is -1.69. The van der Waals surface area contributed by atoms with Crippen molar-refractivity contribution in [1.29, 1.82) is 0 Å². The van der Waals surface area contributed by atoms with Gasteiger partial charge in [-0.2, -0.15) is 0 Å². The van der Waals surface area contributed by atoms with E-state index in [1.165, 1.54) is 27.2 Å². The highest BCUT2D eigenvalue weighted by Crippen LogP contribution is 2.44. The second kappa shape index (κ2) is 11.9. The van der Waals surface area contributed by atoms with Crippen molar-refractivity contribution >= 4 is 21.9 Å². The van der Waals surface area contributed by atoms with E-state index < -0.39 is 79.2 Å². The van der Waals surface area contributed by atoms with Crippen molar-refractivity contribution in [2.45, 2.75) is 68.3 Å². The lowest BCUT2D eigenvalue weighted by Crippen LogP contribution is -2.64. The highest BCUT2D eigenvalue weighted by Gasteiger charge is 2.51. The van der Waals surface area contributed by atoms with Gasteiger partial charge in [0, 0.05) is 12.1 Å². The van der Waals surface area contributed by atoms with Crippen molar-refractivity contribution < 1.29 is 73.7 Å². The van der Waals surface area contributed by atoms with Gasteiger partial charge in [0.25, 0.3) is 0 Å². The van der Waals surface area contributed by atoms with Crippen molar-refractivity contribution in [2.75, 3.05) is 20.8 Å². The third kappa shape index (κ3) is 5.30. The van der Waals surface area contributed by atoms with Gasteiger partial charge in [0.05, 0.1) is 32.3 Å². The summed E-state index contributed by atoms with van der Waals surface area (Å²) < 4.78 is 38.8. The molecule has 3 heterocycles. The van der Waals surface area contributed by atoms with Crippen molar-refractivity contribution in [3.05, 3.63) is 28.4 Å². The average molecular weight is 613 g/mol. The SMILES string of the molecule is COc1cc2c(=O)c3c(O)c(OC)c(O[C@@H]4O[C@H](CO)[C@@H](O)[C@H](O)[C@H]4O[C@@H]4O[C@H](C)[C@@H](O)[C@H](O)[C@@H]4O)cc3oc2cc1O. The van der Waals surface area contributed by atoms with Gasteiger partial charge < -0.3 is 73.7 Å². The topological polar surface area (TPSA) is 247 Å². The molecule has 0 bridgehead atoms. The Morgan fingerprint density at radius 3 is 2.19 bits per heavy atom. The quantitative estimate of drug-likeness (QED) is 0.140. The number of benzene rings is 2. The first-order valence-corrected chi connectivity index (χ1v) is 13.1. The van der Waals surface area contributed by atoms with E-state index in [4.69, 9.17) is 32.8 Å². The zero-order valence-electron chi connectivity index (χ0n) is 23.1. The van der Waals surface area contributed by atoms with Gasteiger partial charge in [0.15, 0.2) is 35.4 Å². The lowest BCUT2D eigenvalue weighted by Gasteiger charge is -2.45. The van der Waals surface area contributed by atoms with Crippen LogP contribution in [0.25, 0.3) is 21.9 Å². The van der Waals surface area contributed by atoms with E-state index in [0.717, 1.165) is 12.1 Å². The van der Waals surface area contributed by atoms with Crippen LogP contribution in [0, 0.1) is 0 Å².